The van der Waals surface area contributed by atoms with Crippen LogP contribution in [0.3, 0.4) is 0 Å². The average molecular weight is 403 g/mol. The summed E-state index contributed by atoms with van der Waals surface area (Å²) in [5.41, 5.74) is 1.36. The average Bonchev–Trinajstić information content (AvgIpc) is 2.99. The first-order valence-corrected chi connectivity index (χ1v) is 9.45. The fourth-order valence-electron chi connectivity index (χ4n) is 2.48. The van der Waals surface area contributed by atoms with Crippen LogP contribution < -0.4 is 5.32 Å². The van der Waals surface area contributed by atoms with E-state index in [9.17, 15) is 19.5 Å². The second-order valence-corrected chi connectivity index (χ2v) is 6.60. The maximum absolute atomic E-state index is 12.5. The Morgan fingerprint density at radius 3 is 2.32 bits per heavy atom. The minimum absolute atomic E-state index is 0.0494. The quantitative estimate of drug-likeness (QED) is 0.299. The lowest BCUT2D eigenvalue weighted by Crippen LogP contribution is -2.17. The van der Waals surface area contributed by atoms with Gasteiger partial charge >= 0.3 is 17.9 Å². The molecule has 0 aliphatic rings. The molecule has 0 unspecified atom stereocenters. The van der Waals surface area contributed by atoms with Gasteiger partial charge in [-0.3, -0.25) is 0 Å². The Kier molecular flexibility index (Phi) is 7.34. The largest absolute Gasteiger partial charge is 0.477 e. The van der Waals surface area contributed by atoms with Crippen molar-refractivity contribution in [1.29, 1.82) is 0 Å². The van der Waals surface area contributed by atoms with Gasteiger partial charge < -0.3 is 19.9 Å². The standard InChI is InChI=1S/C20H21NO6S/c1-4-26-19(24)14(18(22)23)11-21-17-15(20(25)27-5-2)12(3)16(28-17)13-9-7-6-8-10-13/h6-11,21H,4-5H2,1-3H3,(H,22,23). The van der Waals surface area contributed by atoms with Gasteiger partial charge in [-0.2, -0.15) is 0 Å². The Morgan fingerprint density at radius 2 is 1.75 bits per heavy atom. The van der Waals surface area contributed by atoms with Gasteiger partial charge in [0.05, 0.1) is 18.8 Å². The third-order valence-corrected chi connectivity index (χ3v) is 5.01. The van der Waals surface area contributed by atoms with Crippen molar-refractivity contribution in [2.75, 3.05) is 18.5 Å². The molecular weight excluding hydrogens is 382 g/mol. The van der Waals surface area contributed by atoms with E-state index in [0.717, 1.165) is 16.6 Å². The van der Waals surface area contributed by atoms with Gasteiger partial charge in [-0.25, -0.2) is 14.4 Å². The van der Waals surface area contributed by atoms with Crippen molar-refractivity contribution in [2.24, 2.45) is 0 Å². The molecule has 0 saturated heterocycles. The van der Waals surface area contributed by atoms with Crippen LogP contribution in [-0.2, 0) is 19.1 Å². The lowest BCUT2D eigenvalue weighted by atomic mass is 10.1. The zero-order valence-electron chi connectivity index (χ0n) is 15.8. The molecule has 1 aromatic carbocycles. The second-order valence-electron chi connectivity index (χ2n) is 5.57. The molecule has 0 radical (unpaired) electrons. The number of carboxylic acids is 1. The van der Waals surface area contributed by atoms with E-state index in [2.05, 4.69) is 5.32 Å². The smallest absolute Gasteiger partial charge is 0.347 e. The third-order valence-electron chi connectivity index (χ3n) is 3.74. The molecule has 2 aromatic rings. The van der Waals surface area contributed by atoms with Gasteiger partial charge in [0.25, 0.3) is 0 Å². The summed E-state index contributed by atoms with van der Waals surface area (Å²) in [5, 5.41) is 12.4. The fraction of sp³-hybridized carbons (Fsp3) is 0.250. The molecule has 1 heterocycles. The molecule has 0 bridgehead atoms. The number of hydrogen-bond acceptors (Lipinski definition) is 7. The number of hydrogen-bond donors (Lipinski definition) is 2. The van der Waals surface area contributed by atoms with Crippen molar-refractivity contribution in [2.45, 2.75) is 20.8 Å². The molecule has 2 N–H and O–H groups in total. The van der Waals surface area contributed by atoms with Crippen molar-refractivity contribution < 1.29 is 29.0 Å². The highest BCUT2D eigenvalue weighted by Crippen LogP contribution is 2.40. The van der Waals surface area contributed by atoms with E-state index in [-0.39, 0.29) is 13.2 Å². The van der Waals surface area contributed by atoms with E-state index in [0.29, 0.717) is 16.1 Å². The predicted octanol–water partition coefficient (Wildman–Crippen LogP) is 3.84. The zero-order valence-corrected chi connectivity index (χ0v) is 16.6. The molecule has 1 aromatic heterocycles. The van der Waals surface area contributed by atoms with Crippen LogP contribution >= 0.6 is 11.3 Å². The van der Waals surface area contributed by atoms with Crippen LogP contribution in [0.1, 0.15) is 29.8 Å². The number of ether oxygens (including phenoxy) is 2. The number of benzene rings is 1. The zero-order chi connectivity index (χ0) is 20.7. The van der Waals surface area contributed by atoms with Crippen molar-refractivity contribution in [3.63, 3.8) is 0 Å². The molecule has 0 aliphatic carbocycles. The number of rotatable bonds is 8. The van der Waals surface area contributed by atoms with Gasteiger partial charge in [0, 0.05) is 11.1 Å². The number of thiophene rings is 1. The molecule has 28 heavy (non-hydrogen) atoms. The van der Waals surface area contributed by atoms with Crippen molar-refractivity contribution >= 4 is 34.2 Å². The Hall–Kier alpha value is -3.13. The van der Waals surface area contributed by atoms with Gasteiger partial charge in [0.15, 0.2) is 5.57 Å². The van der Waals surface area contributed by atoms with Gasteiger partial charge in [-0.1, -0.05) is 30.3 Å². The normalized spacial score (nSPS) is 11.0. The molecule has 0 spiro atoms. The van der Waals surface area contributed by atoms with Crippen LogP contribution in [0.2, 0.25) is 0 Å². The molecule has 8 heteroatoms. The first kappa shape index (κ1) is 21.2. The molecular formula is C20H21NO6S. The predicted molar refractivity (Wildman–Crippen MR) is 106 cm³/mol. The highest BCUT2D eigenvalue weighted by molar-refractivity contribution is 7.20. The Balaban J connectivity index is 2.49. The van der Waals surface area contributed by atoms with E-state index in [4.69, 9.17) is 9.47 Å². The van der Waals surface area contributed by atoms with E-state index < -0.39 is 23.5 Å². The summed E-state index contributed by atoms with van der Waals surface area (Å²) in [6, 6.07) is 9.48. The number of anilines is 1. The molecule has 0 atom stereocenters. The summed E-state index contributed by atoms with van der Waals surface area (Å²) in [7, 11) is 0. The number of carbonyl (C=O) groups excluding carboxylic acids is 2. The molecule has 0 aliphatic heterocycles. The summed E-state index contributed by atoms with van der Waals surface area (Å²) in [5.74, 6) is -2.92. The molecule has 148 valence electrons. The summed E-state index contributed by atoms with van der Waals surface area (Å²) in [6.07, 6.45) is 1.03. The van der Waals surface area contributed by atoms with Crippen molar-refractivity contribution in [3.8, 4) is 10.4 Å². The summed E-state index contributed by atoms with van der Waals surface area (Å²) in [4.78, 5) is 36.5. The van der Waals surface area contributed by atoms with Crippen LogP contribution in [0.25, 0.3) is 10.4 Å². The molecule has 7 nitrogen and oxygen atoms in total. The molecule has 0 amide bonds. The van der Waals surface area contributed by atoms with Gasteiger partial charge in [0.2, 0.25) is 0 Å². The monoisotopic (exact) mass is 403 g/mol. The number of esters is 2. The second kappa shape index (κ2) is 9.70. The number of carbonyl (C=O) groups is 3. The number of nitrogens with one attached hydrogen (secondary N) is 1. The van der Waals surface area contributed by atoms with Crippen molar-refractivity contribution in [1.82, 2.24) is 0 Å². The summed E-state index contributed by atoms with van der Waals surface area (Å²) >= 11 is 1.27. The van der Waals surface area contributed by atoms with Gasteiger partial charge in [0.1, 0.15) is 5.00 Å². The minimum Gasteiger partial charge on any atom is -0.477 e. The van der Waals surface area contributed by atoms with Crippen LogP contribution in [0, 0.1) is 6.92 Å². The lowest BCUT2D eigenvalue weighted by Gasteiger charge is -2.06. The topological polar surface area (TPSA) is 102 Å². The molecule has 0 saturated carbocycles. The Morgan fingerprint density at radius 1 is 1.11 bits per heavy atom. The van der Waals surface area contributed by atoms with Crippen LogP contribution in [-0.4, -0.2) is 36.2 Å². The summed E-state index contributed by atoms with van der Waals surface area (Å²) < 4.78 is 9.89. The SMILES string of the molecule is CCOC(=O)C(=CNc1sc(-c2ccccc2)c(C)c1C(=O)OCC)C(=O)O. The van der Waals surface area contributed by atoms with E-state index in [1.165, 1.54) is 11.3 Å². The Labute approximate surface area is 166 Å². The van der Waals surface area contributed by atoms with Gasteiger partial charge in [-0.05, 0) is 31.9 Å². The number of carboxylic acid groups (broad SMARTS) is 1. The molecule has 2 rings (SSSR count). The fourth-order valence-corrected chi connectivity index (χ4v) is 3.65. The highest BCUT2D eigenvalue weighted by atomic mass is 32.1. The van der Waals surface area contributed by atoms with Crippen LogP contribution in [0.5, 0.6) is 0 Å². The first-order chi connectivity index (χ1) is 13.4. The van der Waals surface area contributed by atoms with Crippen molar-refractivity contribution in [3.05, 3.63) is 53.2 Å². The van der Waals surface area contributed by atoms with E-state index in [1.54, 1.807) is 20.8 Å². The van der Waals surface area contributed by atoms with Crippen LogP contribution in [0.4, 0.5) is 5.00 Å². The maximum Gasteiger partial charge on any atom is 0.347 e. The van der Waals surface area contributed by atoms with Crippen LogP contribution in [0.15, 0.2) is 42.1 Å². The highest BCUT2D eigenvalue weighted by Gasteiger charge is 2.24. The number of aliphatic carboxylic acids is 1. The van der Waals surface area contributed by atoms with Gasteiger partial charge in [-0.15, -0.1) is 11.3 Å². The molecule has 0 fully saturated rings. The van der Waals surface area contributed by atoms with E-state index >= 15 is 0 Å². The first-order valence-electron chi connectivity index (χ1n) is 8.63. The lowest BCUT2D eigenvalue weighted by molar-refractivity contribution is -0.143. The Bertz CT molecular complexity index is 901. The van der Waals surface area contributed by atoms with E-state index in [1.807, 2.05) is 30.3 Å². The third kappa shape index (κ3) is 4.77. The minimum atomic E-state index is -1.43. The summed E-state index contributed by atoms with van der Waals surface area (Å²) in [6.45, 7) is 5.33. The maximum atomic E-state index is 12.5.